The van der Waals surface area contributed by atoms with Crippen LogP contribution in [0.15, 0.2) is 42.5 Å². The second kappa shape index (κ2) is 8.28. The SMILES string of the molecule is C[C@H](NC(=O)[C@@H]1CSC2c3ccccc3C(=O)N21)C(=O)NCc1c(F)cccc1Cl. The van der Waals surface area contributed by atoms with E-state index in [4.69, 9.17) is 11.6 Å². The normalized spacial score (nSPS) is 20.5. The average Bonchev–Trinajstić information content (AvgIpc) is 3.28. The van der Waals surface area contributed by atoms with Crippen molar-refractivity contribution < 1.29 is 18.8 Å². The standard InChI is InChI=1S/C21H19ClFN3O3S/c1-11(18(27)24-9-14-15(22)7-4-8-16(14)23)25-19(28)17-10-30-21-13-6-3-2-5-12(13)20(29)26(17)21/h2-8,11,17,21H,9-10H2,1H3,(H,24,27)(H,25,28)/t11-,17-,21?/m0/s1. The lowest BCUT2D eigenvalue weighted by atomic mass is 10.1. The molecule has 2 aromatic rings. The third-order valence-electron chi connectivity index (χ3n) is 5.25. The predicted octanol–water partition coefficient (Wildman–Crippen LogP) is 2.87. The van der Waals surface area contributed by atoms with Crippen molar-refractivity contribution in [3.8, 4) is 0 Å². The zero-order chi connectivity index (χ0) is 21.4. The van der Waals surface area contributed by atoms with Gasteiger partial charge in [-0.25, -0.2) is 4.39 Å². The van der Waals surface area contributed by atoms with Crippen molar-refractivity contribution in [2.24, 2.45) is 0 Å². The van der Waals surface area contributed by atoms with Crippen LogP contribution in [0.3, 0.4) is 0 Å². The summed E-state index contributed by atoms with van der Waals surface area (Å²) < 4.78 is 13.8. The van der Waals surface area contributed by atoms with E-state index in [1.807, 2.05) is 12.1 Å². The van der Waals surface area contributed by atoms with Crippen LogP contribution >= 0.6 is 23.4 Å². The molecule has 2 N–H and O–H groups in total. The molecule has 1 unspecified atom stereocenters. The summed E-state index contributed by atoms with van der Waals surface area (Å²) in [7, 11) is 0. The molecular weight excluding hydrogens is 429 g/mol. The summed E-state index contributed by atoms with van der Waals surface area (Å²) in [6, 6.07) is 10.1. The summed E-state index contributed by atoms with van der Waals surface area (Å²) in [4.78, 5) is 39.5. The molecule has 0 saturated carbocycles. The van der Waals surface area contributed by atoms with Gasteiger partial charge in [0.05, 0.1) is 0 Å². The second-order valence-electron chi connectivity index (χ2n) is 7.15. The van der Waals surface area contributed by atoms with E-state index in [2.05, 4.69) is 10.6 Å². The first-order valence-electron chi connectivity index (χ1n) is 9.42. The van der Waals surface area contributed by atoms with Gasteiger partial charge >= 0.3 is 0 Å². The Labute approximate surface area is 182 Å². The van der Waals surface area contributed by atoms with Gasteiger partial charge in [0.25, 0.3) is 5.91 Å². The fraction of sp³-hybridized carbons (Fsp3) is 0.286. The van der Waals surface area contributed by atoms with Crippen LogP contribution in [0, 0.1) is 5.82 Å². The van der Waals surface area contributed by atoms with Crippen LogP contribution < -0.4 is 10.6 Å². The molecule has 2 aliphatic rings. The molecule has 4 rings (SSSR count). The summed E-state index contributed by atoms with van der Waals surface area (Å²) >= 11 is 7.50. The predicted molar refractivity (Wildman–Crippen MR) is 112 cm³/mol. The second-order valence-corrected chi connectivity index (χ2v) is 8.67. The first-order chi connectivity index (χ1) is 14.4. The molecule has 0 radical (unpaired) electrons. The summed E-state index contributed by atoms with van der Waals surface area (Å²) in [5, 5.41) is 5.28. The zero-order valence-electron chi connectivity index (χ0n) is 16.0. The molecule has 1 fully saturated rings. The molecule has 2 aromatic carbocycles. The lowest BCUT2D eigenvalue weighted by Crippen LogP contribution is -2.52. The molecule has 0 aromatic heterocycles. The Morgan fingerprint density at radius 3 is 2.80 bits per heavy atom. The molecule has 0 bridgehead atoms. The molecule has 9 heteroatoms. The van der Waals surface area contributed by atoms with Crippen molar-refractivity contribution in [3.05, 3.63) is 70.0 Å². The summed E-state index contributed by atoms with van der Waals surface area (Å²) in [6.45, 7) is 1.45. The van der Waals surface area contributed by atoms with Crippen molar-refractivity contribution in [2.45, 2.75) is 30.9 Å². The quantitative estimate of drug-likeness (QED) is 0.738. The van der Waals surface area contributed by atoms with Crippen LogP contribution in [0.25, 0.3) is 0 Å². The Morgan fingerprint density at radius 1 is 1.27 bits per heavy atom. The number of nitrogens with zero attached hydrogens (tertiary/aromatic N) is 1. The first-order valence-corrected chi connectivity index (χ1v) is 10.9. The highest BCUT2D eigenvalue weighted by molar-refractivity contribution is 7.99. The van der Waals surface area contributed by atoms with E-state index in [1.165, 1.54) is 36.9 Å². The number of benzene rings is 2. The van der Waals surface area contributed by atoms with Crippen LogP contribution in [0.5, 0.6) is 0 Å². The minimum atomic E-state index is -0.854. The Kier molecular flexibility index (Phi) is 5.71. The maximum atomic E-state index is 13.8. The number of carbonyl (C=O) groups is 3. The van der Waals surface area contributed by atoms with Gasteiger partial charge in [-0.15, -0.1) is 11.8 Å². The van der Waals surface area contributed by atoms with Crippen LogP contribution in [0.1, 0.15) is 33.8 Å². The number of thioether (sulfide) groups is 1. The maximum absolute atomic E-state index is 13.8. The minimum Gasteiger partial charge on any atom is -0.350 e. The highest BCUT2D eigenvalue weighted by Crippen LogP contribution is 2.48. The largest absolute Gasteiger partial charge is 0.350 e. The van der Waals surface area contributed by atoms with Crippen LogP contribution in [-0.4, -0.2) is 40.5 Å². The average molecular weight is 448 g/mol. The van der Waals surface area contributed by atoms with E-state index in [9.17, 15) is 18.8 Å². The molecule has 2 heterocycles. The highest BCUT2D eigenvalue weighted by atomic mass is 35.5. The molecule has 0 spiro atoms. The fourth-order valence-electron chi connectivity index (χ4n) is 3.65. The topological polar surface area (TPSA) is 78.5 Å². The van der Waals surface area contributed by atoms with Crippen LogP contribution in [-0.2, 0) is 16.1 Å². The number of carbonyl (C=O) groups excluding carboxylic acids is 3. The van der Waals surface area contributed by atoms with Crippen molar-refractivity contribution in [3.63, 3.8) is 0 Å². The molecule has 6 nitrogen and oxygen atoms in total. The van der Waals surface area contributed by atoms with Gasteiger partial charge in [0.2, 0.25) is 11.8 Å². The van der Waals surface area contributed by atoms with Crippen LogP contribution in [0.2, 0.25) is 5.02 Å². The number of amides is 3. The number of halogens is 2. The lowest BCUT2D eigenvalue weighted by molar-refractivity contribution is -0.130. The Hall–Kier alpha value is -2.58. The number of fused-ring (bicyclic) bond motifs is 3. The monoisotopic (exact) mass is 447 g/mol. The number of nitrogens with one attached hydrogen (secondary N) is 2. The molecule has 0 aliphatic carbocycles. The molecule has 156 valence electrons. The Morgan fingerprint density at radius 2 is 2.03 bits per heavy atom. The minimum absolute atomic E-state index is 0.0914. The first kappa shape index (κ1) is 20.7. The molecule has 3 amide bonds. The van der Waals surface area contributed by atoms with E-state index in [1.54, 1.807) is 17.0 Å². The third-order valence-corrected chi connectivity index (χ3v) is 6.91. The Bertz CT molecular complexity index is 1010. The smallest absolute Gasteiger partial charge is 0.256 e. The van der Waals surface area contributed by atoms with E-state index < -0.39 is 29.7 Å². The molecule has 30 heavy (non-hydrogen) atoms. The van der Waals surface area contributed by atoms with Gasteiger partial charge in [0.1, 0.15) is 23.3 Å². The number of hydrogen-bond donors (Lipinski definition) is 2. The van der Waals surface area contributed by atoms with E-state index in [0.717, 1.165) is 5.56 Å². The van der Waals surface area contributed by atoms with Crippen molar-refractivity contribution in [1.82, 2.24) is 15.5 Å². The molecule has 3 atom stereocenters. The molecule has 2 aliphatic heterocycles. The van der Waals surface area contributed by atoms with Gasteiger partial charge < -0.3 is 15.5 Å². The van der Waals surface area contributed by atoms with Gasteiger partial charge in [-0.2, -0.15) is 0 Å². The van der Waals surface area contributed by atoms with Crippen molar-refractivity contribution >= 4 is 41.1 Å². The van der Waals surface area contributed by atoms with E-state index >= 15 is 0 Å². The van der Waals surface area contributed by atoms with Gasteiger partial charge in [0.15, 0.2) is 0 Å². The fourth-order valence-corrected chi connectivity index (χ4v) is 5.34. The van der Waals surface area contributed by atoms with Gasteiger partial charge in [-0.3, -0.25) is 14.4 Å². The Balaban J connectivity index is 1.37. The zero-order valence-corrected chi connectivity index (χ0v) is 17.6. The van der Waals surface area contributed by atoms with Crippen molar-refractivity contribution in [1.29, 1.82) is 0 Å². The van der Waals surface area contributed by atoms with E-state index in [-0.39, 0.29) is 28.4 Å². The summed E-state index contributed by atoms with van der Waals surface area (Å²) in [5.74, 6) is -1.10. The van der Waals surface area contributed by atoms with Gasteiger partial charge in [-0.1, -0.05) is 35.9 Å². The van der Waals surface area contributed by atoms with Crippen molar-refractivity contribution in [2.75, 3.05) is 5.75 Å². The third kappa shape index (κ3) is 3.65. The molecule has 1 saturated heterocycles. The number of hydrogen-bond acceptors (Lipinski definition) is 4. The number of rotatable bonds is 5. The van der Waals surface area contributed by atoms with E-state index in [0.29, 0.717) is 11.3 Å². The summed E-state index contributed by atoms with van der Waals surface area (Å²) in [5.41, 5.74) is 1.71. The van der Waals surface area contributed by atoms with Crippen LogP contribution in [0.4, 0.5) is 4.39 Å². The highest BCUT2D eigenvalue weighted by Gasteiger charge is 2.48. The maximum Gasteiger partial charge on any atom is 0.256 e. The molecular formula is C21H19ClFN3O3S. The summed E-state index contributed by atoms with van der Waals surface area (Å²) in [6.07, 6.45) is 0. The van der Waals surface area contributed by atoms with Gasteiger partial charge in [0, 0.05) is 28.4 Å². The van der Waals surface area contributed by atoms with Gasteiger partial charge in [-0.05, 0) is 30.7 Å². The lowest BCUT2D eigenvalue weighted by Gasteiger charge is -2.24.